The van der Waals surface area contributed by atoms with Gasteiger partial charge in [0, 0.05) is 5.56 Å². The summed E-state index contributed by atoms with van der Waals surface area (Å²) in [5.74, 6) is 2.44. The zero-order valence-corrected chi connectivity index (χ0v) is 17.4. The molecule has 1 saturated carbocycles. The van der Waals surface area contributed by atoms with E-state index in [-0.39, 0.29) is 10.8 Å². The summed E-state index contributed by atoms with van der Waals surface area (Å²) in [6.07, 6.45) is 4.51. The van der Waals surface area contributed by atoms with E-state index >= 15 is 0 Å². The van der Waals surface area contributed by atoms with E-state index in [4.69, 9.17) is 19.2 Å². The number of methoxy groups -OCH3 is 3. The van der Waals surface area contributed by atoms with Gasteiger partial charge in [-0.15, -0.1) is 0 Å². The van der Waals surface area contributed by atoms with Crippen LogP contribution in [0, 0.1) is 0 Å². The standard InChI is InChI=1S/C20H25N3O4S/c1-11-21-19-15(20(24)22-23(19)12-7-5-6-8-12)18(28-11)13-9-10-14(25-2)17(27-4)16(13)26-3/h9-10,12,18H,5-8H2,1-4H3,(H,22,24). The molecular weight excluding hydrogens is 378 g/mol. The van der Waals surface area contributed by atoms with Crippen molar-refractivity contribution in [3.05, 3.63) is 33.6 Å². The lowest BCUT2D eigenvalue weighted by Crippen LogP contribution is -2.14. The average Bonchev–Trinajstić information content (AvgIpc) is 3.34. The number of rotatable bonds is 5. The summed E-state index contributed by atoms with van der Waals surface area (Å²) in [5.41, 5.74) is 1.45. The maximum atomic E-state index is 13.0. The Morgan fingerprint density at radius 3 is 2.46 bits per heavy atom. The Morgan fingerprint density at radius 1 is 1.11 bits per heavy atom. The van der Waals surface area contributed by atoms with Gasteiger partial charge in [0.2, 0.25) is 5.75 Å². The summed E-state index contributed by atoms with van der Waals surface area (Å²) in [6.45, 7) is 1.98. The summed E-state index contributed by atoms with van der Waals surface area (Å²) < 4.78 is 18.6. The highest BCUT2D eigenvalue weighted by atomic mass is 32.2. The van der Waals surface area contributed by atoms with Crippen molar-refractivity contribution in [3.63, 3.8) is 0 Å². The highest BCUT2D eigenvalue weighted by Crippen LogP contribution is 2.51. The van der Waals surface area contributed by atoms with Crippen molar-refractivity contribution in [2.24, 2.45) is 4.99 Å². The topological polar surface area (TPSA) is 77.8 Å². The van der Waals surface area contributed by atoms with Gasteiger partial charge in [0.05, 0.1) is 43.2 Å². The number of benzene rings is 1. The molecule has 1 N–H and O–H groups in total. The molecule has 8 heteroatoms. The smallest absolute Gasteiger partial charge is 0.271 e. The van der Waals surface area contributed by atoms with Crippen molar-refractivity contribution in [1.29, 1.82) is 0 Å². The Bertz CT molecular complexity index is 973. The number of H-pyrrole nitrogens is 1. The highest BCUT2D eigenvalue weighted by molar-refractivity contribution is 8.14. The summed E-state index contributed by atoms with van der Waals surface area (Å²) in [7, 11) is 4.78. The van der Waals surface area contributed by atoms with E-state index < -0.39 is 0 Å². The number of hydrogen-bond donors (Lipinski definition) is 1. The van der Waals surface area contributed by atoms with Crippen LogP contribution in [0.2, 0.25) is 0 Å². The first-order chi connectivity index (χ1) is 13.6. The van der Waals surface area contributed by atoms with E-state index in [9.17, 15) is 4.79 Å². The SMILES string of the molecule is COc1ccc(C2SC(C)=Nc3c2c(=O)[nH]n3C2CCCC2)c(OC)c1OC. The highest BCUT2D eigenvalue weighted by Gasteiger charge is 2.35. The molecular formula is C20H25N3O4S. The lowest BCUT2D eigenvalue weighted by Gasteiger charge is -2.24. The van der Waals surface area contributed by atoms with Crippen LogP contribution in [0.1, 0.15) is 55.0 Å². The predicted octanol–water partition coefficient (Wildman–Crippen LogP) is 4.20. The van der Waals surface area contributed by atoms with Crippen LogP contribution in [0.5, 0.6) is 17.2 Å². The first-order valence-electron chi connectivity index (χ1n) is 9.44. The van der Waals surface area contributed by atoms with Gasteiger partial charge in [-0.3, -0.25) is 14.6 Å². The number of nitrogens with one attached hydrogen (secondary N) is 1. The third-order valence-electron chi connectivity index (χ3n) is 5.46. The zero-order chi connectivity index (χ0) is 19.8. The second-order valence-corrected chi connectivity index (χ2v) is 8.34. The molecule has 7 nitrogen and oxygen atoms in total. The predicted molar refractivity (Wildman–Crippen MR) is 111 cm³/mol. The maximum Gasteiger partial charge on any atom is 0.271 e. The van der Waals surface area contributed by atoms with E-state index in [0.29, 0.717) is 28.9 Å². The second kappa shape index (κ2) is 7.58. The molecule has 2 aliphatic rings. The zero-order valence-electron chi connectivity index (χ0n) is 16.6. The van der Waals surface area contributed by atoms with Crippen LogP contribution in [0.15, 0.2) is 21.9 Å². The monoisotopic (exact) mass is 403 g/mol. The largest absolute Gasteiger partial charge is 0.493 e. The Morgan fingerprint density at radius 2 is 1.82 bits per heavy atom. The molecule has 2 aromatic rings. The van der Waals surface area contributed by atoms with Gasteiger partial charge < -0.3 is 14.2 Å². The number of aliphatic imine (C=N–C) groups is 1. The van der Waals surface area contributed by atoms with Crippen LogP contribution in [-0.4, -0.2) is 36.2 Å². The van der Waals surface area contributed by atoms with E-state index in [2.05, 4.69) is 5.10 Å². The Hall–Kier alpha value is -2.35. The van der Waals surface area contributed by atoms with Gasteiger partial charge in [-0.05, 0) is 31.9 Å². The molecule has 1 aromatic heterocycles. The summed E-state index contributed by atoms with van der Waals surface area (Å²) >= 11 is 1.55. The number of thioether (sulfide) groups is 1. The lowest BCUT2D eigenvalue weighted by atomic mass is 10.0. The molecule has 1 atom stereocenters. The molecule has 1 aromatic carbocycles. The second-order valence-electron chi connectivity index (χ2n) is 7.04. The molecule has 1 aliphatic heterocycles. The minimum atomic E-state index is -0.228. The third kappa shape index (κ3) is 2.99. The Labute approximate surface area is 168 Å². The molecule has 2 heterocycles. The van der Waals surface area contributed by atoms with Gasteiger partial charge in [0.25, 0.3) is 5.56 Å². The molecule has 1 fully saturated rings. The number of fused-ring (bicyclic) bond motifs is 1. The van der Waals surface area contributed by atoms with Gasteiger partial charge in [0.1, 0.15) is 0 Å². The molecule has 1 aliphatic carbocycles. The molecule has 150 valence electrons. The van der Waals surface area contributed by atoms with Gasteiger partial charge in [0.15, 0.2) is 17.3 Å². The normalized spacial score (nSPS) is 19.3. The quantitative estimate of drug-likeness (QED) is 0.809. The minimum absolute atomic E-state index is 0.0903. The molecule has 0 radical (unpaired) electrons. The maximum absolute atomic E-state index is 13.0. The fourth-order valence-corrected chi connectivity index (χ4v) is 5.31. The molecule has 0 spiro atoms. The van der Waals surface area contributed by atoms with Crippen molar-refractivity contribution in [2.75, 3.05) is 21.3 Å². The number of hydrogen-bond acceptors (Lipinski definition) is 6. The fraction of sp³-hybridized carbons (Fsp3) is 0.500. The van der Waals surface area contributed by atoms with Crippen LogP contribution in [-0.2, 0) is 0 Å². The van der Waals surface area contributed by atoms with Gasteiger partial charge in [-0.25, -0.2) is 4.99 Å². The number of ether oxygens (including phenoxy) is 3. The van der Waals surface area contributed by atoms with Gasteiger partial charge in [-0.1, -0.05) is 24.6 Å². The molecule has 4 rings (SSSR count). The van der Waals surface area contributed by atoms with E-state index in [1.807, 2.05) is 23.7 Å². The van der Waals surface area contributed by atoms with Gasteiger partial charge in [-0.2, -0.15) is 0 Å². The molecule has 0 amide bonds. The summed E-state index contributed by atoms with van der Waals surface area (Å²) in [6, 6.07) is 4.09. The lowest BCUT2D eigenvalue weighted by molar-refractivity contribution is 0.322. The van der Waals surface area contributed by atoms with Crippen LogP contribution in [0.3, 0.4) is 0 Å². The van der Waals surface area contributed by atoms with Crippen LogP contribution in [0.4, 0.5) is 5.82 Å². The van der Waals surface area contributed by atoms with Crippen molar-refractivity contribution in [2.45, 2.75) is 43.9 Å². The Balaban J connectivity index is 1.88. The van der Waals surface area contributed by atoms with Crippen LogP contribution < -0.4 is 19.8 Å². The average molecular weight is 404 g/mol. The minimum Gasteiger partial charge on any atom is -0.493 e. The van der Waals surface area contributed by atoms with Gasteiger partial charge >= 0.3 is 0 Å². The first kappa shape index (κ1) is 19.0. The van der Waals surface area contributed by atoms with Crippen molar-refractivity contribution in [3.8, 4) is 17.2 Å². The molecule has 0 saturated heterocycles. The van der Waals surface area contributed by atoms with Crippen LogP contribution in [0.25, 0.3) is 0 Å². The van der Waals surface area contributed by atoms with Crippen molar-refractivity contribution >= 4 is 22.6 Å². The summed E-state index contributed by atoms with van der Waals surface area (Å²) in [4.78, 5) is 17.7. The van der Waals surface area contributed by atoms with Crippen molar-refractivity contribution in [1.82, 2.24) is 9.78 Å². The third-order valence-corrected chi connectivity index (χ3v) is 6.61. The van der Waals surface area contributed by atoms with E-state index in [1.165, 1.54) is 12.8 Å². The van der Waals surface area contributed by atoms with E-state index in [0.717, 1.165) is 29.3 Å². The summed E-state index contributed by atoms with van der Waals surface area (Å²) in [5, 5.41) is 3.74. The fourth-order valence-electron chi connectivity index (χ4n) is 4.19. The van der Waals surface area contributed by atoms with Crippen LogP contribution >= 0.6 is 11.8 Å². The molecule has 28 heavy (non-hydrogen) atoms. The van der Waals surface area contributed by atoms with E-state index in [1.54, 1.807) is 33.1 Å². The first-order valence-corrected chi connectivity index (χ1v) is 10.3. The number of nitrogens with zero attached hydrogens (tertiary/aromatic N) is 2. The molecule has 1 unspecified atom stereocenters. The number of aromatic amines is 1. The number of aromatic nitrogens is 2. The Kier molecular flexibility index (Phi) is 5.14. The van der Waals surface area contributed by atoms with Crippen molar-refractivity contribution < 1.29 is 14.2 Å². The molecule has 0 bridgehead atoms.